The van der Waals surface area contributed by atoms with E-state index in [1.54, 1.807) is 0 Å². The zero-order valence-corrected chi connectivity index (χ0v) is 11.0. The maximum absolute atomic E-state index is 11.4. The molecule has 1 saturated heterocycles. The van der Waals surface area contributed by atoms with Crippen LogP contribution < -0.4 is 15.9 Å². The molecule has 0 unspecified atom stereocenters. The van der Waals surface area contributed by atoms with Gasteiger partial charge in [-0.2, -0.15) is 5.10 Å². The molecule has 7 nitrogen and oxygen atoms in total. The summed E-state index contributed by atoms with van der Waals surface area (Å²) in [5, 5.41) is 9.86. The normalized spacial score (nSPS) is 17.2. The van der Waals surface area contributed by atoms with Crippen molar-refractivity contribution in [1.29, 1.82) is 0 Å². The van der Waals surface area contributed by atoms with Crippen LogP contribution in [0.25, 0.3) is 5.65 Å². The quantitative estimate of drug-likeness (QED) is 0.814. The summed E-state index contributed by atoms with van der Waals surface area (Å²) in [4.78, 5) is 18.0. The van der Waals surface area contributed by atoms with Crippen molar-refractivity contribution in [3.8, 4) is 0 Å². The number of hydrogen-bond donors (Lipinski definition) is 2. The maximum Gasteiger partial charge on any atom is 0.348 e. The SMILES string of the molecule is CCNC1CCN(c2cc3n[nH]c(=O)n3cn2)CC1. The molecular weight excluding hydrogens is 244 g/mol. The van der Waals surface area contributed by atoms with Gasteiger partial charge >= 0.3 is 5.69 Å². The largest absolute Gasteiger partial charge is 0.356 e. The van der Waals surface area contributed by atoms with Gasteiger partial charge in [0.05, 0.1) is 0 Å². The molecule has 0 aliphatic carbocycles. The fourth-order valence-electron chi connectivity index (χ4n) is 2.57. The van der Waals surface area contributed by atoms with E-state index in [1.807, 2.05) is 6.07 Å². The van der Waals surface area contributed by atoms with Crippen LogP contribution in [0.1, 0.15) is 19.8 Å². The molecule has 7 heteroatoms. The van der Waals surface area contributed by atoms with Crippen molar-refractivity contribution in [1.82, 2.24) is 24.9 Å². The molecule has 0 bridgehead atoms. The minimum Gasteiger partial charge on any atom is -0.356 e. The average molecular weight is 262 g/mol. The Bertz CT molecular complexity index is 610. The highest BCUT2D eigenvalue weighted by atomic mass is 16.1. The molecule has 2 N–H and O–H groups in total. The lowest BCUT2D eigenvalue weighted by molar-refractivity contribution is 0.422. The van der Waals surface area contributed by atoms with Crippen LogP contribution in [0.2, 0.25) is 0 Å². The molecule has 2 aromatic rings. The highest BCUT2D eigenvalue weighted by molar-refractivity contribution is 5.50. The van der Waals surface area contributed by atoms with Crippen molar-refractivity contribution in [2.45, 2.75) is 25.8 Å². The third kappa shape index (κ3) is 2.33. The van der Waals surface area contributed by atoms with E-state index in [1.165, 1.54) is 10.7 Å². The fourth-order valence-corrected chi connectivity index (χ4v) is 2.57. The number of fused-ring (bicyclic) bond motifs is 1. The van der Waals surface area contributed by atoms with E-state index in [9.17, 15) is 4.79 Å². The number of aromatic nitrogens is 4. The summed E-state index contributed by atoms with van der Waals surface area (Å²) in [5.41, 5.74) is 0.365. The Morgan fingerprint density at radius 2 is 2.26 bits per heavy atom. The molecule has 2 aromatic heterocycles. The first-order valence-corrected chi connectivity index (χ1v) is 6.69. The Hall–Kier alpha value is -1.89. The van der Waals surface area contributed by atoms with E-state index in [-0.39, 0.29) is 5.69 Å². The second-order valence-corrected chi connectivity index (χ2v) is 4.82. The fraction of sp³-hybridized carbons (Fsp3) is 0.583. The second-order valence-electron chi connectivity index (χ2n) is 4.82. The molecule has 0 spiro atoms. The molecule has 102 valence electrons. The highest BCUT2D eigenvalue weighted by Gasteiger charge is 2.19. The summed E-state index contributed by atoms with van der Waals surface area (Å²) in [6, 6.07) is 2.46. The number of anilines is 1. The summed E-state index contributed by atoms with van der Waals surface area (Å²) in [5.74, 6) is 0.890. The third-order valence-corrected chi connectivity index (χ3v) is 3.61. The molecular formula is C12H18N6O. The zero-order valence-electron chi connectivity index (χ0n) is 11.0. The van der Waals surface area contributed by atoms with Crippen LogP contribution in [0.4, 0.5) is 5.82 Å². The van der Waals surface area contributed by atoms with E-state index in [0.717, 1.165) is 38.3 Å². The minimum absolute atomic E-state index is 0.250. The molecule has 0 amide bonds. The van der Waals surface area contributed by atoms with E-state index < -0.39 is 0 Å². The van der Waals surface area contributed by atoms with Crippen LogP contribution >= 0.6 is 0 Å². The smallest absolute Gasteiger partial charge is 0.348 e. The molecule has 19 heavy (non-hydrogen) atoms. The van der Waals surface area contributed by atoms with Crippen molar-refractivity contribution >= 4 is 11.5 Å². The third-order valence-electron chi connectivity index (χ3n) is 3.61. The first-order chi connectivity index (χ1) is 9.28. The summed E-state index contributed by atoms with van der Waals surface area (Å²) in [7, 11) is 0. The van der Waals surface area contributed by atoms with Crippen LogP contribution in [0, 0.1) is 0 Å². The van der Waals surface area contributed by atoms with Gasteiger partial charge in [-0.05, 0) is 19.4 Å². The van der Waals surface area contributed by atoms with Gasteiger partial charge in [0.1, 0.15) is 12.1 Å². The van der Waals surface area contributed by atoms with Crippen molar-refractivity contribution in [2.24, 2.45) is 0 Å². The van der Waals surface area contributed by atoms with E-state index in [4.69, 9.17) is 0 Å². The molecule has 3 heterocycles. The van der Waals surface area contributed by atoms with E-state index in [2.05, 4.69) is 32.3 Å². The van der Waals surface area contributed by atoms with Gasteiger partial charge in [0.15, 0.2) is 5.65 Å². The lowest BCUT2D eigenvalue weighted by atomic mass is 10.1. The van der Waals surface area contributed by atoms with Gasteiger partial charge < -0.3 is 10.2 Å². The van der Waals surface area contributed by atoms with Gasteiger partial charge in [-0.3, -0.25) is 0 Å². The first kappa shape index (κ1) is 12.2. The summed E-state index contributed by atoms with van der Waals surface area (Å²) in [6.07, 6.45) is 3.77. The summed E-state index contributed by atoms with van der Waals surface area (Å²) in [6.45, 7) is 5.12. The standard InChI is InChI=1S/C12H18N6O/c1-2-13-9-3-5-17(6-4-9)10-7-11-15-16-12(19)18(11)8-14-10/h7-9,13H,2-6H2,1H3,(H,16,19). The first-order valence-electron chi connectivity index (χ1n) is 6.69. The molecule has 1 aliphatic heterocycles. The molecule has 0 aromatic carbocycles. The van der Waals surface area contributed by atoms with Crippen molar-refractivity contribution in [3.63, 3.8) is 0 Å². The maximum atomic E-state index is 11.4. The molecule has 1 fully saturated rings. The predicted octanol–water partition coefficient (Wildman–Crippen LogP) is -0.00410. The van der Waals surface area contributed by atoms with Crippen molar-refractivity contribution in [2.75, 3.05) is 24.5 Å². The Balaban J connectivity index is 1.76. The van der Waals surface area contributed by atoms with Crippen LogP contribution in [0.15, 0.2) is 17.2 Å². The Kier molecular flexibility index (Phi) is 3.20. The molecule has 0 radical (unpaired) electrons. The number of H-pyrrole nitrogens is 1. The second kappa shape index (κ2) is 5.00. The summed E-state index contributed by atoms with van der Waals surface area (Å²) >= 11 is 0. The average Bonchev–Trinajstić information content (AvgIpc) is 2.81. The Morgan fingerprint density at radius 1 is 1.47 bits per heavy atom. The van der Waals surface area contributed by atoms with Gasteiger partial charge in [-0.15, -0.1) is 0 Å². The van der Waals surface area contributed by atoms with E-state index in [0.29, 0.717) is 11.7 Å². The van der Waals surface area contributed by atoms with Crippen LogP contribution in [0.5, 0.6) is 0 Å². The molecule has 0 saturated carbocycles. The van der Waals surface area contributed by atoms with Gasteiger partial charge in [-0.1, -0.05) is 6.92 Å². The molecule has 0 atom stereocenters. The number of nitrogens with one attached hydrogen (secondary N) is 2. The monoisotopic (exact) mass is 262 g/mol. The number of piperidine rings is 1. The number of rotatable bonds is 3. The number of nitrogens with zero attached hydrogens (tertiary/aromatic N) is 4. The number of hydrogen-bond acceptors (Lipinski definition) is 5. The highest BCUT2D eigenvalue weighted by Crippen LogP contribution is 2.18. The molecule has 1 aliphatic rings. The Labute approximate surface area is 110 Å². The minimum atomic E-state index is -0.250. The topological polar surface area (TPSA) is 78.3 Å². The molecule has 3 rings (SSSR count). The van der Waals surface area contributed by atoms with Gasteiger partial charge in [0, 0.05) is 25.2 Å². The van der Waals surface area contributed by atoms with Crippen LogP contribution in [-0.4, -0.2) is 45.3 Å². The predicted molar refractivity (Wildman–Crippen MR) is 72.5 cm³/mol. The van der Waals surface area contributed by atoms with Crippen LogP contribution in [0.3, 0.4) is 0 Å². The zero-order chi connectivity index (χ0) is 13.2. The number of aromatic amines is 1. The van der Waals surface area contributed by atoms with Crippen molar-refractivity contribution in [3.05, 3.63) is 22.9 Å². The lowest BCUT2D eigenvalue weighted by Gasteiger charge is -2.33. The summed E-state index contributed by atoms with van der Waals surface area (Å²) < 4.78 is 1.41. The van der Waals surface area contributed by atoms with Gasteiger partial charge in [0.25, 0.3) is 0 Å². The Morgan fingerprint density at radius 3 is 3.00 bits per heavy atom. The van der Waals surface area contributed by atoms with Gasteiger partial charge in [0.2, 0.25) is 0 Å². The lowest BCUT2D eigenvalue weighted by Crippen LogP contribution is -2.42. The van der Waals surface area contributed by atoms with Crippen molar-refractivity contribution < 1.29 is 0 Å². The van der Waals surface area contributed by atoms with E-state index >= 15 is 0 Å². The van der Waals surface area contributed by atoms with Gasteiger partial charge in [-0.25, -0.2) is 19.3 Å². The van der Waals surface area contributed by atoms with Crippen LogP contribution in [-0.2, 0) is 0 Å².